The number of phenols is 2. The van der Waals surface area contributed by atoms with E-state index in [0.717, 1.165) is 0 Å². The largest absolute Gasteiger partial charge is 0.507 e. The smallest absolute Gasteiger partial charge is 0.124 e. The first-order valence-electron chi connectivity index (χ1n) is 7.47. The van der Waals surface area contributed by atoms with Crippen LogP contribution in [0.25, 0.3) is 0 Å². The Hall–Kier alpha value is -2.96. The predicted molar refractivity (Wildman–Crippen MR) is 104 cm³/mol. The number of phenolic OH excluding ortho intramolecular Hbond substituents is 2. The van der Waals surface area contributed by atoms with Gasteiger partial charge in [0.25, 0.3) is 0 Å². The molecule has 0 spiro atoms. The molecule has 0 aliphatic carbocycles. The van der Waals surface area contributed by atoms with Crippen LogP contribution in [0.1, 0.15) is 11.1 Å². The number of hydrogen-bond donors (Lipinski definition) is 2. The van der Waals surface area contributed by atoms with E-state index in [1.807, 2.05) is 36.4 Å². The molecule has 6 nitrogen and oxygen atoms in total. The van der Waals surface area contributed by atoms with Crippen molar-refractivity contribution in [1.29, 1.82) is 0 Å². The molecule has 0 fully saturated rings. The Morgan fingerprint density at radius 3 is 1.26 bits per heavy atom. The van der Waals surface area contributed by atoms with Crippen molar-refractivity contribution in [2.24, 2.45) is 9.98 Å². The molecule has 0 bridgehead atoms. The Morgan fingerprint density at radius 1 is 0.556 bits per heavy atom. The second kappa shape index (κ2) is 11.6. The first-order valence-corrected chi connectivity index (χ1v) is 7.47. The van der Waals surface area contributed by atoms with E-state index in [0.29, 0.717) is 22.5 Å². The van der Waals surface area contributed by atoms with Crippen molar-refractivity contribution in [2.75, 3.05) is 0 Å². The molecular formula is C20H20MnN2O4. The van der Waals surface area contributed by atoms with Crippen molar-refractivity contribution < 1.29 is 38.2 Å². The summed E-state index contributed by atoms with van der Waals surface area (Å²) in [6, 6.07) is 21.4. The fourth-order valence-electron chi connectivity index (χ4n) is 2.15. The van der Waals surface area contributed by atoms with Crippen LogP contribution in [-0.4, -0.2) is 33.6 Å². The molecule has 0 aliphatic heterocycles. The van der Waals surface area contributed by atoms with Gasteiger partial charge in [0, 0.05) is 40.6 Å². The number of benzene rings is 3. The second-order valence-corrected chi connectivity index (χ2v) is 5.12. The topological polar surface area (TPSA) is 128 Å². The molecule has 27 heavy (non-hydrogen) atoms. The van der Waals surface area contributed by atoms with E-state index in [9.17, 15) is 10.2 Å². The molecule has 0 atom stereocenters. The number of hydrogen-bond acceptors (Lipinski definition) is 4. The van der Waals surface area contributed by atoms with Gasteiger partial charge in [-0.05, 0) is 36.4 Å². The number of aromatic hydroxyl groups is 2. The molecule has 0 heterocycles. The Balaban J connectivity index is 0.00000225. The molecule has 3 aromatic rings. The van der Waals surface area contributed by atoms with Crippen LogP contribution in [0.5, 0.6) is 11.5 Å². The van der Waals surface area contributed by atoms with Crippen LogP contribution in [0, 0.1) is 0 Å². The predicted octanol–water partition coefficient (Wildman–Crippen LogP) is 2.95. The summed E-state index contributed by atoms with van der Waals surface area (Å²) in [5.41, 5.74) is 2.62. The Labute approximate surface area is 167 Å². The maximum absolute atomic E-state index is 9.79. The van der Waals surface area contributed by atoms with Gasteiger partial charge in [-0.2, -0.15) is 0 Å². The molecule has 0 aromatic heterocycles. The fraction of sp³-hybridized carbons (Fsp3) is 0. The average molecular weight is 407 g/mol. The Morgan fingerprint density at radius 2 is 0.889 bits per heavy atom. The van der Waals surface area contributed by atoms with Crippen molar-refractivity contribution in [2.45, 2.75) is 0 Å². The van der Waals surface area contributed by atoms with E-state index in [1.165, 1.54) is 0 Å². The van der Waals surface area contributed by atoms with E-state index < -0.39 is 0 Å². The summed E-state index contributed by atoms with van der Waals surface area (Å²) >= 11 is 0. The summed E-state index contributed by atoms with van der Waals surface area (Å²) in [5.74, 6) is 0.355. The summed E-state index contributed by atoms with van der Waals surface area (Å²) < 4.78 is 0. The minimum absolute atomic E-state index is 0. The standard InChI is InChI=1S/C20H16N2O2.Mn.2H2O/c23-19-11-5-1-7-15(19)13-21-17-9-3-4-10-18(17)22-14-16-8-2-6-12-20(16)24;;;/h1-14,23-24H;;2*1H2. The van der Waals surface area contributed by atoms with Crippen LogP contribution >= 0.6 is 0 Å². The SMILES string of the molecule is O.O.Oc1ccccc1C=Nc1ccccc1N=Cc1ccccc1O.[Mn]. The number of para-hydroxylation sites is 4. The van der Waals surface area contributed by atoms with Gasteiger partial charge in [0.05, 0.1) is 11.4 Å². The zero-order valence-electron chi connectivity index (χ0n) is 14.2. The zero-order chi connectivity index (χ0) is 16.8. The van der Waals surface area contributed by atoms with Gasteiger partial charge in [-0.1, -0.05) is 36.4 Å². The Bertz CT molecular complexity index is 839. The van der Waals surface area contributed by atoms with E-state index in [-0.39, 0.29) is 39.5 Å². The third kappa shape index (κ3) is 6.36. The van der Waals surface area contributed by atoms with Gasteiger partial charge in [-0.15, -0.1) is 0 Å². The molecule has 0 unspecified atom stereocenters. The quantitative estimate of drug-likeness (QED) is 0.509. The van der Waals surface area contributed by atoms with Crippen LogP contribution in [0.3, 0.4) is 0 Å². The Kier molecular flexibility index (Phi) is 10.3. The van der Waals surface area contributed by atoms with Gasteiger partial charge >= 0.3 is 0 Å². The maximum Gasteiger partial charge on any atom is 0.124 e. The van der Waals surface area contributed by atoms with E-state index in [2.05, 4.69) is 9.98 Å². The third-order valence-electron chi connectivity index (χ3n) is 3.44. The van der Waals surface area contributed by atoms with Gasteiger partial charge in [-0.25, -0.2) is 0 Å². The average Bonchev–Trinajstić information content (AvgIpc) is 2.61. The number of aliphatic imine (C=N–C) groups is 2. The zero-order valence-corrected chi connectivity index (χ0v) is 15.4. The summed E-state index contributed by atoms with van der Waals surface area (Å²) in [4.78, 5) is 8.82. The summed E-state index contributed by atoms with van der Waals surface area (Å²) in [7, 11) is 0. The third-order valence-corrected chi connectivity index (χ3v) is 3.44. The van der Waals surface area contributed by atoms with Gasteiger partial charge < -0.3 is 21.2 Å². The van der Waals surface area contributed by atoms with E-state index >= 15 is 0 Å². The monoisotopic (exact) mass is 407 g/mol. The molecule has 0 saturated carbocycles. The van der Waals surface area contributed by atoms with Crippen molar-refractivity contribution in [3.8, 4) is 11.5 Å². The molecule has 0 saturated heterocycles. The van der Waals surface area contributed by atoms with Gasteiger partial charge in [0.1, 0.15) is 11.5 Å². The minimum atomic E-state index is 0. The fourth-order valence-corrected chi connectivity index (χ4v) is 2.15. The van der Waals surface area contributed by atoms with Gasteiger partial charge in [0.15, 0.2) is 0 Å². The molecule has 1 radical (unpaired) electrons. The first-order chi connectivity index (χ1) is 11.7. The van der Waals surface area contributed by atoms with Crippen LogP contribution in [-0.2, 0) is 17.1 Å². The van der Waals surface area contributed by atoms with Gasteiger partial charge in [0.2, 0.25) is 0 Å². The summed E-state index contributed by atoms with van der Waals surface area (Å²) in [6.07, 6.45) is 3.20. The van der Waals surface area contributed by atoms with Crippen LogP contribution in [0.15, 0.2) is 82.8 Å². The molecule has 0 aliphatic rings. The van der Waals surface area contributed by atoms with Crippen LogP contribution in [0.4, 0.5) is 11.4 Å². The molecule has 0 amide bonds. The van der Waals surface area contributed by atoms with Gasteiger partial charge in [-0.3, -0.25) is 9.98 Å². The van der Waals surface area contributed by atoms with Crippen molar-refractivity contribution in [3.63, 3.8) is 0 Å². The van der Waals surface area contributed by atoms with Crippen LogP contribution < -0.4 is 0 Å². The minimum Gasteiger partial charge on any atom is -0.507 e. The van der Waals surface area contributed by atoms with Crippen molar-refractivity contribution >= 4 is 23.8 Å². The van der Waals surface area contributed by atoms with Crippen molar-refractivity contribution in [1.82, 2.24) is 0 Å². The normalized spacial score (nSPS) is 10.1. The van der Waals surface area contributed by atoms with E-state index in [1.54, 1.807) is 48.8 Å². The molecule has 3 aromatic carbocycles. The molecule has 6 N–H and O–H groups in total. The molecular weight excluding hydrogens is 387 g/mol. The second-order valence-electron chi connectivity index (χ2n) is 5.12. The van der Waals surface area contributed by atoms with Crippen molar-refractivity contribution in [3.05, 3.63) is 83.9 Å². The maximum atomic E-state index is 9.79. The molecule has 141 valence electrons. The number of nitrogens with zero attached hydrogens (tertiary/aromatic N) is 2. The molecule has 7 heteroatoms. The first kappa shape index (κ1) is 24.0. The summed E-state index contributed by atoms with van der Waals surface area (Å²) in [5, 5.41) is 19.6. The summed E-state index contributed by atoms with van der Waals surface area (Å²) in [6.45, 7) is 0. The van der Waals surface area contributed by atoms with Crippen LogP contribution in [0.2, 0.25) is 0 Å². The molecule has 3 rings (SSSR count). The van der Waals surface area contributed by atoms with E-state index in [4.69, 9.17) is 0 Å². The number of rotatable bonds is 4.